The molecule has 1 rings (SSSR count). The average molecular weight is 239 g/mol. The molecule has 1 N–H and O–H groups in total. The molecule has 0 radical (unpaired) electrons. The molecule has 90 valence electrons. The van der Waals surface area contributed by atoms with Crippen molar-refractivity contribution in [2.75, 3.05) is 19.6 Å². The minimum atomic E-state index is 0.419. The molecule has 16 heavy (non-hydrogen) atoms. The molecule has 0 aromatic heterocycles. The largest absolute Gasteiger partial charge is 0.374 e. The number of hydrogen-bond acceptors (Lipinski definition) is 3. The lowest BCUT2D eigenvalue weighted by Crippen LogP contribution is -2.19. The zero-order valence-corrected chi connectivity index (χ0v) is 11.1. The molecule has 0 spiro atoms. The van der Waals surface area contributed by atoms with Crippen LogP contribution in [-0.2, 0) is 4.74 Å². The van der Waals surface area contributed by atoms with Crippen molar-refractivity contribution >= 4 is 11.8 Å². The molecule has 0 aliphatic rings. The van der Waals surface area contributed by atoms with Crippen LogP contribution in [0, 0.1) is 0 Å². The van der Waals surface area contributed by atoms with Gasteiger partial charge < -0.3 is 10.1 Å². The number of ether oxygens (including phenoxy) is 1. The molecule has 0 fully saturated rings. The van der Waals surface area contributed by atoms with Crippen molar-refractivity contribution in [3.05, 3.63) is 29.8 Å². The van der Waals surface area contributed by atoms with Crippen LogP contribution < -0.4 is 5.32 Å². The fourth-order valence-corrected chi connectivity index (χ4v) is 2.13. The fourth-order valence-electron chi connectivity index (χ4n) is 1.48. The van der Waals surface area contributed by atoms with Crippen LogP contribution in [0.3, 0.4) is 0 Å². The van der Waals surface area contributed by atoms with Crippen molar-refractivity contribution in [2.24, 2.45) is 0 Å². The minimum Gasteiger partial charge on any atom is -0.374 e. The van der Waals surface area contributed by atoms with Gasteiger partial charge >= 0.3 is 0 Å². The Morgan fingerprint density at radius 3 is 2.94 bits per heavy atom. The van der Waals surface area contributed by atoms with Crippen molar-refractivity contribution in [3.8, 4) is 0 Å². The lowest BCUT2D eigenvalue weighted by atomic mass is 10.1. The van der Waals surface area contributed by atoms with E-state index in [1.807, 2.05) is 0 Å². The van der Waals surface area contributed by atoms with Gasteiger partial charge in [-0.1, -0.05) is 30.8 Å². The molecule has 0 bridgehead atoms. The van der Waals surface area contributed by atoms with Gasteiger partial charge in [0, 0.05) is 18.0 Å². The van der Waals surface area contributed by atoms with Crippen LogP contribution in [0.1, 0.15) is 31.9 Å². The third-order valence-electron chi connectivity index (χ3n) is 2.40. The molecule has 0 amide bonds. The Balaban J connectivity index is 2.58. The monoisotopic (exact) mass is 239 g/mol. The Hall–Kier alpha value is -0.510. The molecule has 1 aromatic carbocycles. The minimum absolute atomic E-state index is 0.419. The number of rotatable bonds is 7. The highest BCUT2D eigenvalue weighted by Crippen LogP contribution is 2.22. The van der Waals surface area contributed by atoms with Gasteiger partial charge in [0.1, 0.15) is 0 Å². The first kappa shape index (κ1) is 13.6. The average Bonchev–Trinajstić information content (AvgIpc) is 2.33. The van der Waals surface area contributed by atoms with E-state index in [0.29, 0.717) is 12.0 Å². The maximum atomic E-state index is 5.06. The van der Waals surface area contributed by atoms with E-state index < -0.39 is 0 Å². The molecule has 1 aromatic rings. The predicted octanol–water partition coefficient (Wildman–Crippen LogP) is 3.44. The highest BCUT2D eigenvalue weighted by molar-refractivity contribution is 7.99. The summed E-state index contributed by atoms with van der Waals surface area (Å²) in [7, 11) is 1.72. The number of nitrogens with one attached hydrogen (secondary N) is 1. The van der Waals surface area contributed by atoms with Gasteiger partial charge in [0.2, 0.25) is 0 Å². The molecule has 0 aliphatic carbocycles. The Kier molecular flexibility index (Phi) is 6.53. The molecule has 2 nitrogen and oxygen atoms in total. The second-order valence-corrected chi connectivity index (χ2v) is 4.79. The first-order valence-electron chi connectivity index (χ1n) is 5.73. The Labute approximate surface area is 103 Å². The molecule has 0 saturated carbocycles. The quantitative estimate of drug-likeness (QED) is 0.582. The van der Waals surface area contributed by atoms with E-state index >= 15 is 0 Å². The van der Waals surface area contributed by atoms with E-state index in [1.54, 1.807) is 18.9 Å². The smallest absolute Gasteiger partial charge is 0.0963 e. The first-order chi connectivity index (χ1) is 7.77. The summed E-state index contributed by atoms with van der Waals surface area (Å²) in [6, 6.07) is 9.06. The van der Waals surface area contributed by atoms with Crippen LogP contribution >= 0.6 is 11.8 Å². The van der Waals surface area contributed by atoms with Crippen LogP contribution in [0.25, 0.3) is 0 Å². The maximum absolute atomic E-state index is 5.06. The maximum Gasteiger partial charge on any atom is 0.0963 e. The molecule has 3 heteroatoms. The van der Waals surface area contributed by atoms with Gasteiger partial charge in [0.25, 0.3) is 0 Å². The van der Waals surface area contributed by atoms with Gasteiger partial charge in [-0.3, -0.25) is 0 Å². The van der Waals surface area contributed by atoms with Gasteiger partial charge in [-0.2, -0.15) is 0 Å². The van der Waals surface area contributed by atoms with Gasteiger partial charge in [-0.05, 0) is 37.6 Å². The Bertz CT molecular complexity index is 304. The van der Waals surface area contributed by atoms with E-state index in [9.17, 15) is 0 Å². The van der Waals surface area contributed by atoms with E-state index in [-0.39, 0.29) is 0 Å². The van der Waals surface area contributed by atoms with Crippen LogP contribution in [0.5, 0.6) is 0 Å². The van der Waals surface area contributed by atoms with Crippen LogP contribution in [-0.4, -0.2) is 19.6 Å². The summed E-state index contributed by atoms with van der Waals surface area (Å²) in [6.07, 6.45) is 1.17. The lowest BCUT2D eigenvalue weighted by molar-refractivity contribution is 0.259. The standard InChI is InChI=1S/C13H21NOS/c1-4-8-14-11(2)12-6-5-7-13(9-12)16-10-15-3/h5-7,9,11,14H,4,8,10H2,1-3H3. The fraction of sp³-hybridized carbons (Fsp3) is 0.538. The van der Waals surface area contributed by atoms with Crippen molar-refractivity contribution in [3.63, 3.8) is 0 Å². The van der Waals surface area contributed by atoms with Crippen molar-refractivity contribution in [1.29, 1.82) is 0 Å². The summed E-state index contributed by atoms with van der Waals surface area (Å²) in [6.45, 7) is 5.46. The van der Waals surface area contributed by atoms with Crippen LogP contribution in [0.4, 0.5) is 0 Å². The van der Waals surface area contributed by atoms with Gasteiger partial charge in [-0.25, -0.2) is 0 Å². The molecule has 0 aliphatic heterocycles. The zero-order chi connectivity index (χ0) is 11.8. The number of thioether (sulfide) groups is 1. The zero-order valence-electron chi connectivity index (χ0n) is 10.3. The molecule has 1 unspecified atom stereocenters. The number of methoxy groups -OCH3 is 1. The Morgan fingerprint density at radius 2 is 2.25 bits per heavy atom. The van der Waals surface area contributed by atoms with E-state index in [4.69, 9.17) is 4.74 Å². The number of hydrogen-bond donors (Lipinski definition) is 1. The van der Waals surface area contributed by atoms with Gasteiger partial charge in [0.05, 0.1) is 5.94 Å². The molecule has 1 atom stereocenters. The van der Waals surface area contributed by atoms with Crippen LogP contribution in [0.15, 0.2) is 29.2 Å². The topological polar surface area (TPSA) is 21.3 Å². The van der Waals surface area contributed by atoms with E-state index in [1.165, 1.54) is 16.9 Å². The third kappa shape index (κ3) is 4.56. The summed E-state index contributed by atoms with van der Waals surface area (Å²) >= 11 is 1.73. The van der Waals surface area contributed by atoms with Crippen molar-refractivity contribution < 1.29 is 4.74 Å². The SMILES string of the molecule is CCCNC(C)c1cccc(SCOC)c1. The summed E-state index contributed by atoms with van der Waals surface area (Å²) in [5.41, 5.74) is 1.34. The number of benzene rings is 1. The molecule has 0 heterocycles. The van der Waals surface area contributed by atoms with Crippen LogP contribution in [0.2, 0.25) is 0 Å². The second-order valence-electron chi connectivity index (χ2n) is 3.80. The lowest BCUT2D eigenvalue weighted by Gasteiger charge is -2.14. The first-order valence-corrected chi connectivity index (χ1v) is 6.71. The molecular weight excluding hydrogens is 218 g/mol. The molecular formula is C13H21NOS. The van der Waals surface area contributed by atoms with Crippen molar-refractivity contribution in [2.45, 2.75) is 31.2 Å². The second kappa shape index (κ2) is 7.71. The van der Waals surface area contributed by atoms with Gasteiger partial charge in [-0.15, -0.1) is 0 Å². The van der Waals surface area contributed by atoms with Gasteiger partial charge in [0.15, 0.2) is 0 Å². The summed E-state index contributed by atoms with van der Waals surface area (Å²) < 4.78 is 5.06. The van der Waals surface area contributed by atoms with E-state index in [0.717, 1.165) is 6.54 Å². The summed E-state index contributed by atoms with van der Waals surface area (Å²) in [4.78, 5) is 1.27. The Morgan fingerprint density at radius 1 is 1.44 bits per heavy atom. The van der Waals surface area contributed by atoms with E-state index in [2.05, 4.69) is 43.4 Å². The highest BCUT2D eigenvalue weighted by atomic mass is 32.2. The normalized spacial score (nSPS) is 12.7. The molecule has 0 saturated heterocycles. The summed E-state index contributed by atoms with van der Waals surface area (Å²) in [5.74, 6) is 0.709. The van der Waals surface area contributed by atoms with Crippen molar-refractivity contribution in [1.82, 2.24) is 5.32 Å². The third-order valence-corrected chi connectivity index (χ3v) is 3.34. The predicted molar refractivity (Wildman–Crippen MR) is 70.9 cm³/mol. The summed E-state index contributed by atoms with van der Waals surface area (Å²) in [5, 5.41) is 3.49. The highest BCUT2D eigenvalue weighted by Gasteiger charge is 2.04.